The van der Waals surface area contributed by atoms with Crippen LogP contribution < -0.4 is 0 Å². The van der Waals surface area contributed by atoms with Gasteiger partial charge in [0.2, 0.25) is 5.91 Å². The van der Waals surface area contributed by atoms with Crippen LogP contribution in [-0.2, 0) is 9.53 Å². The summed E-state index contributed by atoms with van der Waals surface area (Å²) in [6.07, 6.45) is 0.0997. The first-order valence-electron chi connectivity index (χ1n) is 5.72. The Labute approximate surface area is 105 Å². The van der Waals surface area contributed by atoms with E-state index in [1.807, 2.05) is 0 Å². The van der Waals surface area contributed by atoms with Gasteiger partial charge in [-0.2, -0.15) is 0 Å². The second kappa shape index (κ2) is 4.47. The van der Waals surface area contributed by atoms with Gasteiger partial charge in [0.05, 0.1) is 13.0 Å². The third-order valence-corrected chi connectivity index (χ3v) is 3.32. The van der Waals surface area contributed by atoms with Crippen molar-refractivity contribution in [3.63, 3.8) is 0 Å². The second-order valence-electron chi connectivity index (χ2n) is 4.83. The molecule has 3 N–H and O–H groups in total. The number of carbonyl (C=O) groups excluding carboxylic acids is 1. The van der Waals surface area contributed by atoms with Gasteiger partial charge in [0.1, 0.15) is 17.8 Å². The van der Waals surface area contributed by atoms with Gasteiger partial charge in [0, 0.05) is 6.20 Å². The molecule has 0 aliphatic carbocycles. The highest BCUT2D eigenvalue weighted by molar-refractivity contribution is 5.82. The molecule has 1 amide bonds. The van der Waals surface area contributed by atoms with E-state index in [9.17, 15) is 15.0 Å². The minimum Gasteiger partial charge on any atom is -0.394 e. The molecule has 2 aliphatic heterocycles. The number of aliphatic hydroxyl groups is 3. The summed E-state index contributed by atoms with van der Waals surface area (Å²) in [7, 11) is 0. The summed E-state index contributed by atoms with van der Waals surface area (Å²) in [5, 5.41) is 29.1. The van der Waals surface area contributed by atoms with Crippen LogP contribution in [0.1, 0.15) is 13.3 Å². The molecule has 6 heteroatoms. The highest BCUT2D eigenvalue weighted by atomic mass is 16.6. The molecule has 0 saturated carbocycles. The first-order valence-corrected chi connectivity index (χ1v) is 5.72. The van der Waals surface area contributed by atoms with Gasteiger partial charge in [-0.25, -0.2) is 0 Å². The Morgan fingerprint density at radius 3 is 2.83 bits per heavy atom. The van der Waals surface area contributed by atoms with E-state index in [1.165, 1.54) is 18.0 Å². The number of carbonyl (C=O) groups is 1. The zero-order valence-corrected chi connectivity index (χ0v) is 10.1. The highest BCUT2D eigenvalue weighted by Crippen LogP contribution is 2.34. The molecule has 0 aromatic carbocycles. The van der Waals surface area contributed by atoms with Crippen molar-refractivity contribution in [2.45, 2.75) is 37.4 Å². The summed E-state index contributed by atoms with van der Waals surface area (Å²) in [5.74, 6) is -0.265. The van der Waals surface area contributed by atoms with Gasteiger partial charge in [0.15, 0.2) is 6.23 Å². The zero-order chi connectivity index (χ0) is 13.5. The predicted octanol–water partition coefficient (Wildman–Crippen LogP) is -0.882. The summed E-state index contributed by atoms with van der Waals surface area (Å²) in [6.45, 7) is 4.63. The van der Waals surface area contributed by atoms with Crippen LogP contribution in [-0.4, -0.2) is 56.8 Å². The lowest BCUT2D eigenvalue weighted by molar-refractivity contribution is -0.156. The van der Waals surface area contributed by atoms with Crippen LogP contribution >= 0.6 is 0 Å². The molecule has 0 spiro atoms. The molecular weight excluding hydrogens is 238 g/mol. The number of hydrogen-bond donors (Lipinski definition) is 3. The molecule has 0 aromatic rings. The van der Waals surface area contributed by atoms with Crippen molar-refractivity contribution in [1.82, 2.24) is 4.90 Å². The lowest BCUT2D eigenvalue weighted by Crippen LogP contribution is -2.53. The fraction of sp³-hybridized carbons (Fsp3) is 0.583. The number of amides is 1. The van der Waals surface area contributed by atoms with Crippen molar-refractivity contribution in [2.75, 3.05) is 6.61 Å². The van der Waals surface area contributed by atoms with E-state index in [1.54, 1.807) is 6.08 Å². The largest absolute Gasteiger partial charge is 0.394 e. The summed E-state index contributed by atoms with van der Waals surface area (Å²) in [5.41, 5.74) is -0.959. The lowest BCUT2D eigenvalue weighted by atomic mass is 9.95. The second-order valence-corrected chi connectivity index (χ2v) is 4.83. The third-order valence-electron chi connectivity index (χ3n) is 3.32. The minimum absolute atomic E-state index is 0.145. The molecule has 4 atom stereocenters. The quantitative estimate of drug-likeness (QED) is 0.596. The van der Waals surface area contributed by atoms with Crippen molar-refractivity contribution >= 4 is 5.91 Å². The van der Waals surface area contributed by atoms with Gasteiger partial charge in [0.25, 0.3) is 0 Å². The Balaban J connectivity index is 2.26. The molecular formula is C12H17NO5. The summed E-state index contributed by atoms with van der Waals surface area (Å²) >= 11 is 0. The normalized spacial score (nSPS) is 40.7. The Hall–Kier alpha value is -1.21. The molecule has 100 valence electrons. The molecule has 1 fully saturated rings. The van der Waals surface area contributed by atoms with E-state index < -0.39 is 30.6 Å². The topological polar surface area (TPSA) is 90.2 Å². The third kappa shape index (κ3) is 1.97. The van der Waals surface area contributed by atoms with Crippen LogP contribution in [0.15, 0.2) is 24.4 Å². The van der Waals surface area contributed by atoms with Crippen molar-refractivity contribution in [3.8, 4) is 0 Å². The monoisotopic (exact) mass is 255 g/mol. The number of hydrogen-bond acceptors (Lipinski definition) is 5. The first-order chi connectivity index (χ1) is 8.37. The van der Waals surface area contributed by atoms with Crippen LogP contribution in [0.5, 0.6) is 0 Å². The lowest BCUT2D eigenvalue weighted by Gasteiger charge is -2.35. The van der Waals surface area contributed by atoms with E-state index in [4.69, 9.17) is 9.84 Å². The Bertz CT molecular complexity index is 403. The smallest absolute Gasteiger partial charge is 0.233 e. The van der Waals surface area contributed by atoms with Crippen LogP contribution in [0.4, 0.5) is 0 Å². The van der Waals surface area contributed by atoms with E-state index in [2.05, 4.69) is 6.58 Å². The van der Waals surface area contributed by atoms with Gasteiger partial charge in [-0.05, 0) is 18.6 Å². The number of nitrogens with zero attached hydrogens (tertiary/aromatic N) is 1. The molecule has 0 bridgehead atoms. The van der Waals surface area contributed by atoms with Crippen molar-refractivity contribution in [2.24, 2.45) is 0 Å². The Morgan fingerprint density at radius 2 is 2.33 bits per heavy atom. The average Bonchev–Trinajstić information content (AvgIpc) is 2.52. The molecule has 6 nitrogen and oxygen atoms in total. The molecule has 0 unspecified atom stereocenters. The highest BCUT2D eigenvalue weighted by Gasteiger charge is 2.55. The molecule has 2 heterocycles. The zero-order valence-electron chi connectivity index (χ0n) is 10.1. The van der Waals surface area contributed by atoms with Crippen LogP contribution in [0, 0.1) is 0 Å². The number of allylic oxidation sites excluding steroid dienone is 1. The summed E-state index contributed by atoms with van der Waals surface area (Å²) in [6, 6.07) is 0. The molecule has 2 aliphatic rings. The summed E-state index contributed by atoms with van der Waals surface area (Å²) < 4.78 is 5.36. The Morgan fingerprint density at radius 1 is 1.67 bits per heavy atom. The van der Waals surface area contributed by atoms with Gasteiger partial charge < -0.3 is 20.1 Å². The predicted molar refractivity (Wildman–Crippen MR) is 62.1 cm³/mol. The standard InChI is InChI=1S/C12H17NO5/c1-7-3-4-13(9(15)5-7)11-12(2,17)10(16)8(6-14)18-11/h3-4,8,10-11,14,16-17H,1,5-6H2,2H3/t8-,10-,11-,12+/m1/s1. The molecule has 0 aromatic heterocycles. The van der Waals surface area contributed by atoms with Gasteiger partial charge in [-0.3, -0.25) is 9.69 Å². The number of ether oxygens (including phenoxy) is 1. The number of rotatable bonds is 2. The van der Waals surface area contributed by atoms with Gasteiger partial charge in [-0.1, -0.05) is 6.58 Å². The van der Waals surface area contributed by atoms with Crippen molar-refractivity contribution in [1.29, 1.82) is 0 Å². The number of aliphatic hydroxyl groups excluding tert-OH is 2. The van der Waals surface area contributed by atoms with Crippen molar-refractivity contribution in [3.05, 3.63) is 24.4 Å². The molecule has 18 heavy (non-hydrogen) atoms. The van der Waals surface area contributed by atoms with Crippen LogP contribution in [0.25, 0.3) is 0 Å². The first kappa shape index (κ1) is 13.2. The van der Waals surface area contributed by atoms with E-state index in [-0.39, 0.29) is 12.3 Å². The van der Waals surface area contributed by atoms with Gasteiger partial charge in [-0.15, -0.1) is 0 Å². The fourth-order valence-electron chi connectivity index (χ4n) is 2.21. The molecule has 0 radical (unpaired) electrons. The maximum absolute atomic E-state index is 11.9. The maximum Gasteiger partial charge on any atom is 0.233 e. The molecule has 1 saturated heterocycles. The molecule has 2 rings (SSSR count). The maximum atomic E-state index is 11.9. The average molecular weight is 255 g/mol. The van der Waals surface area contributed by atoms with E-state index in [0.717, 1.165) is 0 Å². The van der Waals surface area contributed by atoms with Crippen molar-refractivity contribution < 1.29 is 24.9 Å². The van der Waals surface area contributed by atoms with Crippen LogP contribution in [0.2, 0.25) is 0 Å². The fourth-order valence-corrected chi connectivity index (χ4v) is 2.21. The van der Waals surface area contributed by atoms with E-state index in [0.29, 0.717) is 5.57 Å². The van der Waals surface area contributed by atoms with E-state index >= 15 is 0 Å². The van der Waals surface area contributed by atoms with Crippen LogP contribution in [0.3, 0.4) is 0 Å². The minimum atomic E-state index is -1.63. The Kier molecular flexibility index (Phi) is 3.29. The summed E-state index contributed by atoms with van der Waals surface area (Å²) in [4.78, 5) is 13.1. The SMILES string of the molecule is C=C1C=CN([C@@H]2O[C@H](CO)[C@@H](O)[C@]2(C)O)C(=O)C1. The van der Waals surface area contributed by atoms with Gasteiger partial charge >= 0.3 is 0 Å².